The number of amides is 1. The third kappa shape index (κ3) is 5.93. The first-order valence-corrected chi connectivity index (χ1v) is 13.5. The van der Waals surface area contributed by atoms with Gasteiger partial charge in [-0.2, -0.15) is 5.10 Å². The number of sulfone groups is 1. The van der Waals surface area contributed by atoms with E-state index in [2.05, 4.69) is 20.5 Å². The second-order valence-corrected chi connectivity index (χ2v) is 11.2. The van der Waals surface area contributed by atoms with Crippen molar-refractivity contribution in [3.63, 3.8) is 0 Å². The van der Waals surface area contributed by atoms with Crippen LogP contribution >= 0.6 is 0 Å². The van der Waals surface area contributed by atoms with Gasteiger partial charge in [-0.3, -0.25) is 14.9 Å². The van der Waals surface area contributed by atoms with E-state index in [0.29, 0.717) is 19.0 Å². The smallest absolute Gasteiger partial charge is 0.269 e. The molecule has 2 aromatic carbocycles. The number of nitrogens with one attached hydrogen (secondary N) is 2. The molecule has 0 unspecified atom stereocenters. The lowest BCUT2D eigenvalue weighted by atomic mass is 10.00. The van der Waals surface area contributed by atoms with Gasteiger partial charge in [0, 0.05) is 28.6 Å². The van der Waals surface area contributed by atoms with Crippen molar-refractivity contribution in [3.8, 4) is 11.1 Å². The molecule has 0 aliphatic carbocycles. The predicted octanol–water partition coefficient (Wildman–Crippen LogP) is 4.15. The largest absolute Gasteiger partial charge is 0.351 e. The topological polar surface area (TPSA) is 108 Å². The van der Waals surface area contributed by atoms with Crippen molar-refractivity contribution < 1.29 is 30.8 Å². The van der Waals surface area contributed by atoms with Crippen LogP contribution in [0.5, 0.6) is 0 Å². The lowest BCUT2D eigenvalue weighted by Crippen LogP contribution is -2.27. The molecule has 39 heavy (non-hydrogen) atoms. The average molecular weight is 564 g/mol. The second kappa shape index (κ2) is 11.1. The van der Waals surface area contributed by atoms with Gasteiger partial charge < -0.3 is 10.2 Å². The summed E-state index contributed by atoms with van der Waals surface area (Å²) in [5.41, 5.74) is -1.78. The molecule has 0 aliphatic rings. The summed E-state index contributed by atoms with van der Waals surface area (Å²) in [6, 6.07) is 4.66. The van der Waals surface area contributed by atoms with Crippen LogP contribution in [0.1, 0.15) is 28.2 Å². The Morgan fingerprint density at radius 2 is 1.77 bits per heavy atom. The van der Waals surface area contributed by atoms with Gasteiger partial charge in [-0.1, -0.05) is 6.07 Å². The van der Waals surface area contributed by atoms with Gasteiger partial charge in [-0.05, 0) is 58.3 Å². The van der Waals surface area contributed by atoms with E-state index >= 15 is 8.78 Å². The Bertz CT molecular complexity index is 1670. The van der Waals surface area contributed by atoms with Crippen LogP contribution < -0.4 is 5.32 Å². The zero-order chi connectivity index (χ0) is 28.5. The maximum Gasteiger partial charge on any atom is 0.269 e. The molecule has 0 radical (unpaired) electrons. The second-order valence-electron chi connectivity index (χ2n) is 9.26. The molecule has 2 N–H and O–H groups in total. The number of hydrogen-bond donors (Lipinski definition) is 2. The Hall–Kier alpha value is -3.84. The lowest BCUT2D eigenvalue weighted by molar-refractivity contribution is 0.0949. The number of pyridine rings is 1. The van der Waals surface area contributed by atoms with Crippen LogP contribution in [-0.2, 0) is 15.6 Å². The van der Waals surface area contributed by atoms with Crippen molar-refractivity contribution in [2.75, 3.05) is 27.2 Å². The summed E-state index contributed by atoms with van der Waals surface area (Å²) in [6.45, 7) is 2.47. The fourth-order valence-electron chi connectivity index (χ4n) is 4.15. The summed E-state index contributed by atoms with van der Waals surface area (Å²) < 4.78 is 85.0. The molecule has 0 bridgehead atoms. The summed E-state index contributed by atoms with van der Waals surface area (Å²) in [7, 11) is -0.539. The number of hydrogen-bond acceptors (Lipinski definition) is 6. The summed E-state index contributed by atoms with van der Waals surface area (Å²) in [4.78, 5) is 17.7. The molecule has 0 aliphatic heterocycles. The van der Waals surface area contributed by atoms with Gasteiger partial charge in [0.2, 0.25) is 0 Å². The molecule has 8 nitrogen and oxygen atoms in total. The van der Waals surface area contributed by atoms with E-state index in [0.717, 1.165) is 30.9 Å². The molecule has 0 saturated heterocycles. The summed E-state index contributed by atoms with van der Waals surface area (Å²) in [5, 5.41) is 9.18. The van der Waals surface area contributed by atoms with Crippen molar-refractivity contribution in [3.05, 3.63) is 76.7 Å². The molecular weight excluding hydrogens is 538 g/mol. The van der Waals surface area contributed by atoms with Crippen LogP contribution in [0.4, 0.5) is 17.6 Å². The molecule has 0 fully saturated rings. The molecular formula is C26H25F4N5O3S. The van der Waals surface area contributed by atoms with E-state index in [9.17, 15) is 22.0 Å². The fraction of sp³-hybridized carbons (Fsp3) is 0.269. The van der Waals surface area contributed by atoms with E-state index in [-0.39, 0.29) is 27.9 Å². The average Bonchev–Trinajstić information content (AvgIpc) is 3.30. The number of H-pyrrole nitrogens is 1. The minimum atomic E-state index is -4.34. The van der Waals surface area contributed by atoms with Gasteiger partial charge in [0.25, 0.3) is 5.91 Å². The number of benzene rings is 2. The highest BCUT2D eigenvalue weighted by atomic mass is 32.2. The Morgan fingerprint density at radius 1 is 1.03 bits per heavy atom. The van der Waals surface area contributed by atoms with Crippen molar-refractivity contribution >= 4 is 26.6 Å². The van der Waals surface area contributed by atoms with E-state index in [4.69, 9.17) is 0 Å². The first-order valence-electron chi connectivity index (χ1n) is 11.8. The highest BCUT2D eigenvalue weighted by Gasteiger charge is 2.26. The van der Waals surface area contributed by atoms with Crippen LogP contribution in [0, 0.1) is 30.2 Å². The van der Waals surface area contributed by atoms with Gasteiger partial charge in [0.05, 0.1) is 22.5 Å². The van der Waals surface area contributed by atoms with E-state index in [1.54, 1.807) is 0 Å². The molecule has 2 heterocycles. The van der Waals surface area contributed by atoms with Crippen LogP contribution in [0.3, 0.4) is 0 Å². The highest BCUT2D eigenvalue weighted by molar-refractivity contribution is 7.90. The quantitative estimate of drug-likeness (QED) is 0.234. The van der Waals surface area contributed by atoms with Gasteiger partial charge >= 0.3 is 0 Å². The lowest BCUT2D eigenvalue weighted by Gasteiger charge is -2.12. The van der Waals surface area contributed by atoms with Crippen molar-refractivity contribution in [2.24, 2.45) is 0 Å². The highest BCUT2D eigenvalue weighted by Crippen LogP contribution is 2.34. The normalized spacial score (nSPS) is 11.9. The number of aromatic nitrogens is 3. The number of carbonyl (C=O) groups excluding carboxylic acids is 1. The Labute approximate surface area is 222 Å². The first-order chi connectivity index (χ1) is 18.4. The number of nitrogens with zero attached hydrogens (tertiary/aromatic N) is 3. The number of aryl methyl sites for hydroxylation is 1. The Balaban J connectivity index is 1.68. The molecule has 2 aromatic heterocycles. The fourth-order valence-corrected chi connectivity index (χ4v) is 5.72. The third-order valence-electron chi connectivity index (χ3n) is 6.05. The molecule has 4 rings (SSSR count). The molecule has 0 spiro atoms. The van der Waals surface area contributed by atoms with E-state index in [1.165, 1.54) is 13.0 Å². The Morgan fingerprint density at radius 3 is 2.49 bits per heavy atom. The minimum absolute atomic E-state index is 0.00544. The first kappa shape index (κ1) is 28.2. The maximum atomic E-state index is 15.5. The van der Waals surface area contributed by atoms with Crippen molar-refractivity contribution in [1.29, 1.82) is 0 Å². The molecule has 1 amide bonds. The van der Waals surface area contributed by atoms with Crippen LogP contribution in [0.25, 0.3) is 22.0 Å². The number of carbonyl (C=O) groups is 1. The Kier molecular flexibility index (Phi) is 8.02. The molecule has 0 saturated carbocycles. The monoisotopic (exact) mass is 563 g/mol. The minimum Gasteiger partial charge on any atom is -0.351 e. The summed E-state index contributed by atoms with van der Waals surface area (Å²) >= 11 is 0. The SMILES string of the molecule is Cc1ncc(F)cc1S(=O)(=O)Cc1cc(F)cc(-c2ccc3c(C(=O)NCCCN(C)C)[nH]nc3c2F)c1F. The van der Waals surface area contributed by atoms with Crippen LogP contribution in [0.15, 0.2) is 41.4 Å². The number of aromatic amines is 1. The van der Waals surface area contributed by atoms with Crippen molar-refractivity contribution in [2.45, 2.75) is 24.0 Å². The van der Waals surface area contributed by atoms with Gasteiger partial charge in [-0.25, -0.2) is 26.0 Å². The zero-order valence-electron chi connectivity index (χ0n) is 21.3. The number of halogens is 4. The van der Waals surface area contributed by atoms with Crippen LogP contribution in [-0.4, -0.2) is 61.6 Å². The standard InChI is InChI=1S/C26H25F4N5O3S/c1-14-21(11-17(28)12-32-14)39(37,38)13-15-9-16(27)10-20(22(15)29)18-5-6-19-24(23(18)30)33-34-25(19)26(36)31-7-4-8-35(2)3/h5-6,9-12H,4,7-8,13H2,1-3H3,(H,31,36)(H,33,34). The predicted molar refractivity (Wildman–Crippen MR) is 137 cm³/mol. The molecule has 0 atom stereocenters. The zero-order valence-corrected chi connectivity index (χ0v) is 22.1. The number of fused-ring (bicyclic) bond motifs is 1. The van der Waals surface area contributed by atoms with Gasteiger partial charge in [-0.15, -0.1) is 0 Å². The summed E-state index contributed by atoms with van der Waals surface area (Å²) in [6.07, 6.45) is 1.53. The maximum absolute atomic E-state index is 15.5. The molecule has 13 heteroatoms. The van der Waals surface area contributed by atoms with Gasteiger partial charge in [0.1, 0.15) is 28.7 Å². The third-order valence-corrected chi connectivity index (χ3v) is 7.82. The van der Waals surface area contributed by atoms with Gasteiger partial charge in [0.15, 0.2) is 15.7 Å². The van der Waals surface area contributed by atoms with E-state index < -0.39 is 60.8 Å². The summed E-state index contributed by atoms with van der Waals surface area (Å²) in [5.74, 6) is -5.64. The molecule has 4 aromatic rings. The van der Waals surface area contributed by atoms with E-state index in [1.807, 2.05) is 19.0 Å². The van der Waals surface area contributed by atoms with Crippen molar-refractivity contribution in [1.82, 2.24) is 25.4 Å². The molecule has 206 valence electrons. The number of rotatable bonds is 9. The van der Waals surface area contributed by atoms with Crippen LogP contribution in [0.2, 0.25) is 0 Å².